The largest absolute Gasteiger partial charge is 0.349 e. The fraction of sp³-hybridized carbons (Fsp3) is 0.240. The maximum atomic E-state index is 12.8. The van der Waals surface area contributed by atoms with Gasteiger partial charge in [0.15, 0.2) is 0 Å². The minimum atomic E-state index is -0.350. The summed E-state index contributed by atoms with van der Waals surface area (Å²) in [4.78, 5) is 41.4. The average Bonchev–Trinajstić information content (AvgIpc) is 3.55. The first-order valence-corrected chi connectivity index (χ1v) is 11.1. The van der Waals surface area contributed by atoms with Gasteiger partial charge in [0.05, 0.1) is 11.4 Å². The third-order valence-electron chi connectivity index (χ3n) is 6.54. The van der Waals surface area contributed by atoms with Gasteiger partial charge in [-0.2, -0.15) is 5.10 Å². The Morgan fingerprint density at radius 1 is 1.03 bits per heavy atom. The lowest BCUT2D eigenvalue weighted by Crippen LogP contribution is -2.51. The molecule has 0 spiro atoms. The Morgan fingerprint density at radius 3 is 2.53 bits per heavy atom. The summed E-state index contributed by atoms with van der Waals surface area (Å²) in [5.41, 5.74) is 2.41. The van der Waals surface area contributed by atoms with E-state index in [4.69, 9.17) is 0 Å². The van der Waals surface area contributed by atoms with Gasteiger partial charge in [0, 0.05) is 29.0 Å². The van der Waals surface area contributed by atoms with E-state index in [1.54, 1.807) is 54.7 Å². The second-order valence-electron chi connectivity index (χ2n) is 8.84. The number of anilines is 1. The van der Waals surface area contributed by atoms with Crippen molar-refractivity contribution in [3.8, 4) is 11.4 Å². The summed E-state index contributed by atoms with van der Waals surface area (Å²) < 4.78 is 0. The van der Waals surface area contributed by atoms with Gasteiger partial charge >= 0.3 is 0 Å². The van der Waals surface area contributed by atoms with Crippen LogP contribution < -0.4 is 16.0 Å². The van der Waals surface area contributed by atoms with Gasteiger partial charge in [0.25, 0.3) is 11.8 Å². The van der Waals surface area contributed by atoms with Crippen molar-refractivity contribution in [2.75, 3.05) is 5.32 Å². The van der Waals surface area contributed by atoms with Gasteiger partial charge in [0.2, 0.25) is 5.91 Å². The number of carbonyl (C=O) groups excluding carboxylic acids is 3. The van der Waals surface area contributed by atoms with Gasteiger partial charge < -0.3 is 16.0 Å². The van der Waals surface area contributed by atoms with Crippen LogP contribution in [0, 0.1) is 5.92 Å². The predicted octanol–water partition coefficient (Wildman–Crippen LogP) is 2.68. The Kier molecular flexibility index (Phi) is 5.45. The number of aromatic nitrogens is 3. The molecule has 9 nitrogen and oxygen atoms in total. The molecule has 34 heavy (non-hydrogen) atoms. The summed E-state index contributed by atoms with van der Waals surface area (Å²) in [5, 5.41) is 15.6. The van der Waals surface area contributed by atoms with Crippen LogP contribution in [0.1, 0.15) is 40.1 Å². The zero-order chi connectivity index (χ0) is 23.7. The van der Waals surface area contributed by atoms with Crippen LogP contribution in [-0.4, -0.2) is 44.5 Å². The summed E-state index contributed by atoms with van der Waals surface area (Å²) in [6.07, 6.45) is 5.34. The van der Waals surface area contributed by atoms with E-state index in [1.807, 2.05) is 0 Å². The number of carbonyl (C=O) groups is 3. The number of hydrogen-bond donors (Lipinski definition) is 4. The summed E-state index contributed by atoms with van der Waals surface area (Å²) in [5.74, 6) is -0.306. The number of H-pyrrole nitrogens is 1. The van der Waals surface area contributed by atoms with Crippen LogP contribution in [0.5, 0.6) is 0 Å². The van der Waals surface area contributed by atoms with Gasteiger partial charge in [0.1, 0.15) is 5.69 Å². The molecular formula is C25H24N6O3. The van der Waals surface area contributed by atoms with Crippen molar-refractivity contribution in [2.24, 2.45) is 5.92 Å². The highest BCUT2D eigenvalue weighted by atomic mass is 16.2. The molecule has 9 heteroatoms. The first kappa shape index (κ1) is 21.6. The number of amides is 3. The fourth-order valence-corrected chi connectivity index (χ4v) is 4.87. The van der Waals surface area contributed by atoms with Crippen molar-refractivity contribution in [1.82, 2.24) is 25.8 Å². The number of pyridine rings is 1. The van der Waals surface area contributed by atoms with Crippen LogP contribution in [0.2, 0.25) is 0 Å². The highest BCUT2D eigenvalue weighted by Crippen LogP contribution is 2.52. The van der Waals surface area contributed by atoms with E-state index in [9.17, 15) is 14.4 Å². The zero-order valence-electron chi connectivity index (χ0n) is 18.4. The van der Waals surface area contributed by atoms with E-state index in [0.29, 0.717) is 22.9 Å². The van der Waals surface area contributed by atoms with E-state index in [1.165, 1.54) is 6.08 Å². The molecule has 2 bridgehead atoms. The number of aromatic amines is 1. The number of nitrogens with zero attached hydrogens (tertiary/aromatic N) is 2. The standard InChI is InChI=1S/C25H24N6O3/c1-2-22(32)29-21-14-25(12-16(21)13-25)30-23(33)15-6-8-17(9-7-15)27-24(34)20-5-3-4-18(28-20)19-10-11-26-31-19/h2-11,16,21H,1,12-14H2,(H,26,31)(H,27,34)(H,29,32)(H,30,33)/t16?,21-,25?/m0/s1. The zero-order valence-corrected chi connectivity index (χ0v) is 18.4. The summed E-state index contributed by atoms with van der Waals surface area (Å²) in [6.45, 7) is 3.49. The lowest BCUT2D eigenvalue weighted by Gasteiger charge is -2.39. The first-order valence-electron chi connectivity index (χ1n) is 11.1. The lowest BCUT2D eigenvalue weighted by molar-refractivity contribution is -0.117. The molecule has 172 valence electrons. The second-order valence-corrected chi connectivity index (χ2v) is 8.84. The molecule has 0 aliphatic heterocycles. The number of nitrogens with one attached hydrogen (secondary N) is 4. The Bertz CT molecular complexity index is 1250. The van der Waals surface area contributed by atoms with Gasteiger partial charge in [-0.1, -0.05) is 12.6 Å². The van der Waals surface area contributed by atoms with Crippen molar-refractivity contribution >= 4 is 23.4 Å². The summed E-state index contributed by atoms with van der Waals surface area (Å²) in [7, 11) is 0. The second kappa shape index (κ2) is 8.58. The highest BCUT2D eigenvalue weighted by Gasteiger charge is 2.57. The number of fused-ring (bicyclic) bond motifs is 1. The third kappa shape index (κ3) is 4.19. The van der Waals surface area contributed by atoms with E-state index < -0.39 is 0 Å². The van der Waals surface area contributed by atoms with Crippen LogP contribution in [-0.2, 0) is 4.79 Å². The molecule has 3 saturated carbocycles. The molecule has 4 N–H and O–H groups in total. The molecule has 2 heterocycles. The third-order valence-corrected chi connectivity index (χ3v) is 6.54. The molecule has 3 aliphatic rings. The van der Waals surface area contributed by atoms with Crippen LogP contribution in [0.4, 0.5) is 5.69 Å². The maximum Gasteiger partial charge on any atom is 0.274 e. The molecule has 0 saturated heterocycles. The molecule has 3 aliphatic carbocycles. The number of hydrogen-bond acceptors (Lipinski definition) is 5. The smallest absolute Gasteiger partial charge is 0.274 e. The van der Waals surface area contributed by atoms with Crippen LogP contribution in [0.15, 0.2) is 67.4 Å². The molecule has 0 radical (unpaired) electrons. The Hall–Kier alpha value is -4.27. The minimum Gasteiger partial charge on any atom is -0.349 e. The van der Waals surface area contributed by atoms with Crippen LogP contribution in [0.25, 0.3) is 11.4 Å². The molecular weight excluding hydrogens is 432 g/mol. The van der Waals surface area contributed by atoms with E-state index in [2.05, 4.69) is 37.7 Å². The van der Waals surface area contributed by atoms with E-state index in [-0.39, 0.29) is 35.0 Å². The monoisotopic (exact) mass is 456 g/mol. The van der Waals surface area contributed by atoms with Gasteiger partial charge in [-0.15, -0.1) is 0 Å². The predicted molar refractivity (Wildman–Crippen MR) is 126 cm³/mol. The van der Waals surface area contributed by atoms with Crippen molar-refractivity contribution in [2.45, 2.75) is 30.8 Å². The van der Waals surface area contributed by atoms with Crippen LogP contribution >= 0.6 is 0 Å². The maximum absolute atomic E-state index is 12.8. The summed E-state index contributed by atoms with van der Waals surface area (Å²) in [6, 6.07) is 13.8. The number of benzene rings is 1. The first-order chi connectivity index (χ1) is 16.4. The molecule has 1 aromatic carbocycles. The lowest BCUT2D eigenvalue weighted by atomic mass is 9.76. The SMILES string of the molecule is C=CC(=O)N[C@H]1CC2(NC(=O)c3ccc(NC(=O)c4cccc(-c5ccn[nH]5)n4)cc3)CC1C2. The summed E-state index contributed by atoms with van der Waals surface area (Å²) >= 11 is 0. The van der Waals surface area contributed by atoms with Gasteiger partial charge in [-0.25, -0.2) is 4.98 Å². The fourth-order valence-electron chi connectivity index (χ4n) is 4.87. The Labute approximate surface area is 196 Å². The van der Waals surface area contributed by atoms with Gasteiger partial charge in [-0.3, -0.25) is 19.5 Å². The highest BCUT2D eigenvalue weighted by molar-refractivity contribution is 6.03. The van der Waals surface area contributed by atoms with Crippen molar-refractivity contribution in [3.63, 3.8) is 0 Å². The van der Waals surface area contributed by atoms with Crippen LogP contribution in [0.3, 0.4) is 0 Å². The Balaban J connectivity index is 1.19. The minimum absolute atomic E-state index is 0.0729. The molecule has 3 amide bonds. The molecule has 6 rings (SSSR count). The molecule has 3 aromatic rings. The molecule has 1 atom stereocenters. The van der Waals surface area contributed by atoms with Crippen molar-refractivity contribution < 1.29 is 14.4 Å². The quantitative estimate of drug-likeness (QED) is 0.406. The van der Waals surface area contributed by atoms with Crippen molar-refractivity contribution in [3.05, 3.63) is 78.6 Å². The normalized spacial score (nSPS) is 22.4. The van der Waals surface area contributed by atoms with Gasteiger partial charge in [-0.05, 0) is 73.7 Å². The van der Waals surface area contributed by atoms with Crippen molar-refractivity contribution in [1.29, 1.82) is 0 Å². The molecule has 0 unspecified atom stereocenters. The molecule has 2 aromatic heterocycles. The molecule has 3 fully saturated rings. The van der Waals surface area contributed by atoms with E-state index >= 15 is 0 Å². The average molecular weight is 457 g/mol. The Morgan fingerprint density at radius 2 is 1.82 bits per heavy atom. The number of rotatable bonds is 7. The van der Waals surface area contributed by atoms with E-state index in [0.717, 1.165) is 25.0 Å². The topological polar surface area (TPSA) is 129 Å².